The van der Waals surface area contributed by atoms with E-state index in [-0.39, 0.29) is 37.7 Å². The Hall–Kier alpha value is -2.53. The van der Waals surface area contributed by atoms with E-state index in [9.17, 15) is 29.7 Å². The Bertz CT molecular complexity index is 784. The van der Waals surface area contributed by atoms with Crippen LogP contribution in [0.1, 0.15) is 28.8 Å². The fraction of sp³-hybridized carbons (Fsp3) is 0.500. The van der Waals surface area contributed by atoms with E-state index in [1.807, 2.05) is 0 Å². The number of nitrogens with one attached hydrogen (secondary N) is 2. The summed E-state index contributed by atoms with van der Waals surface area (Å²) in [5.74, 6) is -1.17. The number of rotatable bonds is 7. The van der Waals surface area contributed by atoms with Crippen LogP contribution in [0.4, 0.5) is 5.69 Å². The predicted octanol–water partition coefficient (Wildman–Crippen LogP) is -2.07. The maximum Gasteiger partial charge on any atom is 0.255 e. The van der Waals surface area contributed by atoms with E-state index in [1.54, 1.807) is 18.2 Å². The van der Waals surface area contributed by atoms with Crippen LogP contribution in [0.3, 0.4) is 0 Å². The van der Waals surface area contributed by atoms with Crippen LogP contribution >= 0.6 is 0 Å². The number of aliphatic hydroxyl groups is 4. The highest BCUT2D eigenvalue weighted by Gasteiger charge is 2.39. The van der Waals surface area contributed by atoms with Gasteiger partial charge >= 0.3 is 0 Å². The normalized spacial score (nSPS) is 22.5. The standard InChI is InChI=1S/C18H23N3O7/c22-8-14(24)16(26)13(23)6-19-11-3-1-2-9-10(11)7-21(18(9)28)12-4-5-15(25)20-17(12)27/h1-3,12-14,16,19,22-24,26H,4-8H2,(H,20,25,27)/t12?,13-,14+,16-/m0/s1. The summed E-state index contributed by atoms with van der Waals surface area (Å²) in [5, 5.41) is 43.1. The molecular formula is C18H23N3O7. The van der Waals surface area contributed by atoms with Crippen LogP contribution in [0, 0.1) is 0 Å². The summed E-state index contributed by atoms with van der Waals surface area (Å²) in [7, 11) is 0. The van der Waals surface area contributed by atoms with Crippen LogP contribution in [0.2, 0.25) is 0 Å². The smallest absolute Gasteiger partial charge is 0.255 e. The molecule has 2 heterocycles. The van der Waals surface area contributed by atoms with Gasteiger partial charge in [0, 0.05) is 36.3 Å². The van der Waals surface area contributed by atoms with Crippen LogP contribution in [-0.2, 0) is 16.1 Å². The summed E-state index contributed by atoms with van der Waals surface area (Å²) in [6, 6.07) is 4.26. The third kappa shape index (κ3) is 3.85. The van der Waals surface area contributed by atoms with Gasteiger partial charge in [-0.25, -0.2) is 0 Å². The average Bonchev–Trinajstić information content (AvgIpc) is 3.02. The van der Waals surface area contributed by atoms with Gasteiger partial charge in [0.2, 0.25) is 11.8 Å². The molecule has 2 aliphatic rings. The lowest BCUT2D eigenvalue weighted by Crippen LogP contribution is -2.52. The van der Waals surface area contributed by atoms with Gasteiger partial charge in [-0.2, -0.15) is 0 Å². The minimum Gasteiger partial charge on any atom is -0.394 e. The second kappa shape index (κ2) is 8.23. The summed E-state index contributed by atoms with van der Waals surface area (Å²) in [6.07, 6.45) is -3.92. The highest BCUT2D eigenvalue weighted by atomic mass is 16.4. The van der Waals surface area contributed by atoms with E-state index >= 15 is 0 Å². The van der Waals surface area contributed by atoms with E-state index < -0.39 is 36.9 Å². The van der Waals surface area contributed by atoms with Crippen molar-refractivity contribution in [3.8, 4) is 0 Å². The lowest BCUT2D eigenvalue weighted by atomic mass is 10.0. The van der Waals surface area contributed by atoms with Gasteiger partial charge in [0.1, 0.15) is 18.2 Å². The minimum absolute atomic E-state index is 0.124. The van der Waals surface area contributed by atoms with E-state index in [0.717, 1.165) is 0 Å². The van der Waals surface area contributed by atoms with E-state index in [1.165, 1.54) is 4.90 Å². The lowest BCUT2D eigenvalue weighted by molar-refractivity contribution is -0.136. The summed E-state index contributed by atoms with van der Waals surface area (Å²) in [6.45, 7) is -0.642. The first kappa shape index (κ1) is 20.2. The van der Waals surface area contributed by atoms with Crippen LogP contribution in [0.15, 0.2) is 18.2 Å². The molecule has 0 aromatic heterocycles. The Morgan fingerprint density at radius 1 is 1.18 bits per heavy atom. The molecule has 10 heteroatoms. The SMILES string of the molecule is O=C1CCC(N2Cc3c(NC[C@H](O)[C@H](O)[C@H](O)CO)cccc3C2=O)C(=O)N1. The van der Waals surface area contributed by atoms with Crippen molar-refractivity contribution in [3.05, 3.63) is 29.3 Å². The van der Waals surface area contributed by atoms with Crippen LogP contribution in [0.5, 0.6) is 0 Å². The third-order valence-corrected chi connectivity index (χ3v) is 5.06. The summed E-state index contributed by atoms with van der Waals surface area (Å²) >= 11 is 0. The van der Waals surface area contributed by atoms with Crippen molar-refractivity contribution < 1.29 is 34.8 Å². The fourth-order valence-corrected chi connectivity index (χ4v) is 3.45. The van der Waals surface area contributed by atoms with Gasteiger partial charge in [-0.05, 0) is 18.6 Å². The first-order chi connectivity index (χ1) is 13.3. The molecule has 2 aliphatic heterocycles. The van der Waals surface area contributed by atoms with Gasteiger partial charge in [0.15, 0.2) is 0 Å². The topological polar surface area (TPSA) is 159 Å². The Balaban J connectivity index is 1.72. The fourth-order valence-electron chi connectivity index (χ4n) is 3.45. The number of nitrogens with zero attached hydrogens (tertiary/aromatic N) is 1. The number of anilines is 1. The van der Waals surface area contributed by atoms with Gasteiger partial charge in [-0.15, -0.1) is 0 Å². The number of aliphatic hydroxyl groups excluding tert-OH is 4. The average molecular weight is 393 g/mol. The highest BCUT2D eigenvalue weighted by Crippen LogP contribution is 2.32. The second-order valence-electron chi connectivity index (χ2n) is 6.92. The van der Waals surface area contributed by atoms with Gasteiger partial charge in [-0.1, -0.05) is 6.07 Å². The van der Waals surface area contributed by atoms with Crippen molar-refractivity contribution in [1.82, 2.24) is 10.2 Å². The highest BCUT2D eigenvalue weighted by molar-refractivity contribution is 6.06. The van der Waals surface area contributed by atoms with Crippen molar-refractivity contribution in [2.45, 2.75) is 43.7 Å². The van der Waals surface area contributed by atoms with Crippen molar-refractivity contribution in [2.75, 3.05) is 18.5 Å². The Kier molecular flexibility index (Phi) is 5.94. The van der Waals surface area contributed by atoms with Crippen LogP contribution in [0.25, 0.3) is 0 Å². The molecule has 3 rings (SSSR count). The largest absolute Gasteiger partial charge is 0.394 e. The molecule has 1 fully saturated rings. The summed E-state index contributed by atoms with van der Waals surface area (Å²) in [5.41, 5.74) is 1.60. The number of imide groups is 1. The molecule has 0 aliphatic carbocycles. The number of piperidine rings is 1. The zero-order valence-electron chi connectivity index (χ0n) is 15.0. The van der Waals surface area contributed by atoms with Crippen molar-refractivity contribution in [1.29, 1.82) is 0 Å². The molecule has 0 radical (unpaired) electrons. The quantitative estimate of drug-likeness (QED) is 0.288. The number of carbonyl (C=O) groups excluding carboxylic acids is 3. The second-order valence-corrected chi connectivity index (χ2v) is 6.92. The molecule has 152 valence electrons. The molecule has 1 saturated heterocycles. The van der Waals surface area contributed by atoms with E-state index in [0.29, 0.717) is 16.8 Å². The number of fused-ring (bicyclic) bond motifs is 1. The molecule has 1 unspecified atom stereocenters. The van der Waals surface area contributed by atoms with E-state index in [2.05, 4.69) is 10.6 Å². The lowest BCUT2D eigenvalue weighted by Gasteiger charge is -2.29. The first-order valence-electron chi connectivity index (χ1n) is 8.99. The molecule has 3 amide bonds. The number of benzene rings is 1. The minimum atomic E-state index is -1.53. The molecule has 28 heavy (non-hydrogen) atoms. The van der Waals surface area contributed by atoms with Crippen molar-refractivity contribution in [2.24, 2.45) is 0 Å². The van der Waals surface area contributed by atoms with Gasteiger partial charge < -0.3 is 30.6 Å². The number of hydrogen-bond donors (Lipinski definition) is 6. The molecule has 4 atom stereocenters. The van der Waals surface area contributed by atoms with Crippen LogP contribution in [-0.4, -0.2) is 80.6 Å². The molecule has 1 aromatic carbocycles. The summed E-state index contributed by atoms with van der Waals surface area (Å²) in [4.78, 5) is 37.6. The van der Waals surface area contributed by atoms with Crippen molar-refractivity contribution in [3.63, 3.8) is 0 Å². The van der Waals surface area contributed by atoms with Gasteiger partial charge in [0.25, 0.3) is 5.91 Å². The number of amides is 3. The maximum absolute atomic E-state index is 12.7. The van der Waals surface area contributed by atoms with E-state index in [4.69, 9.17) is 5.11 Å². The molecule has 1 aromatic rings. The molecule has 0 spiro atoms. The van der Waals surface area contributed by atoms with Gasteiger partial charge in [0.05, 0.1) is 12.7 Å². The molecule has 0 saturated carbocycles. The molecule has 0 bridgehead atoms. The molecule has 6 N–H and O–H groups in total. The zero-order valence-corrected chi connectivity index (χ0v) is 15.0. The Morgan fingerprint density at radius 2 is 1.93 bits per heavy atom. The predicted molar refractivity (Wildman–Crippen MR) is 96.1 cm³/mol. The van der Waals surface area contributed by atoms with Crippen molar-refractivity contribution >= 4 is 23.4 Å². The summed E-state index contributed by atoms with van der Waals surface area (Å²) < 4.78 is 0. The Morgan fingerprint density at radius 3 is 2.61 bits per heavy atom. The number of carbonyl (C=O) groups is 3. The maximum atomic E-state index is 12.7. The first-order valence-corrected chi connectivity index (χ1v) is 8.99. The molecular weight excluding hydrogens is 370 g/mol. The zero-order chi connectivity index (χ0) is 20.4. The number of hydrogen-bond acceptors (Lipinski definition) is 8. The monoisotopic (exact) mass is 393 g/mol. The van der Waals surface area contributed by atoms with Gasteiger partial charge in [-0.3, -0.25) is 19.7 Å². The Labute approximate surface area is 160 Å². The van der Waals surface area contributed by atoms with Crippen LogP contribution < -0.4 is 10.6 Å². The third-order valence-electron chi connectivity index (χ3n) is 5.06. The molecule has 10 nitrogen and oxygen atoms in total.